The van der Waals surface area contributed by atoms with Gasteiger partial charge < -0.3 is 10.0 Å². The maximum Gasteiger partial charge on any atom is 0.489 e. The molecule has 0 aliphatic carbocycles. The Morgan fingerprint density at radius 2 is 2.00 bits per heavy atom. The largest absolute Gasteiger partial charge is 0.489 e. The second-order valence-electron chi connectivity index (χ2n) is 4.34. The summed E-state index contributed by atoms with van der Waals surface area (Å²) in [5, 5.41) is 26.8. The molecular weight excluding hydrogens is 203 g/mol. The zero-order valence-electron chi connectivity index (χ0n) is 9.65. The minimum Gasteiger partial charge on any atom is -0.423 e. The number of fused-ring (bicyclic) bond motifs is 1. The molecular formula is C11H15BN2O2. The number of H-pyrrole nitrogens is 1. The predicted octanol–water partition coefficient (Wildman–Crippen LogP) is 0.675. The first kappa shape index (κ1) is 11.2. The summed E-state index contributed by atoms with van der Waals surface area (Å²) in [7, 11) is -1.46. The molecule has 84 valence electrons. The van der Waals surface area contributed by atoms with Crippen molar-refractivity contribution >= 4 is 23.5 Å². The van der Waals surface area contributed by atoms with E-state index in [0.29, 0.717) is 5.46 Å². The molecule has 0 saturated carbocycles. The number of aromatic nitrogens is 2. The minimum atomic E-state index is -1.46. The molecule has 0 fully saturated rings. The number of aryl methyl sites for hydroxylation is 1. The molecule has 0 spiro atoms. The molecule has 2 aromatic rings. The molecule has 5 heteroatoms. The number of aromatic amines is 1. The van der Waals surface area contributed by atoms with Crippen molar-refractivity contribution in [2.45, 2.75) is 26.7 Å². The van der Waals surface area contributed by atoms with E-state index in [1.165, 1.54) is 0 Å². The van der Waals surface area contributed by atoms with Crippen LogP contribution in [-0.2, 0) is 0 Å². The molecule has 1 heterocycles. The van der Waals surface area contributed by atoms with Gasteiger partial charge in [-0.05, 0) is 29.9 Å². The number of benzene rings is 1. The Morgan fingerprint density at radius 3 is 2.56 bits per heavy atom. The summed E-state index contributed by atoms with van der Waals surface area (Å²) in [6.07, 6.45) is 0. The zero-order chi connectivity index (χ0) is 11.9. The van der Waals surface area contributed by atoms with Gasteiger partial charge in [-0.1, -0.05) is 19.9 Å². The highest BCUT2D eigenvalue weighted by atomic mass is 16.4. The third-order valence-corrected chi connectivity index (χ3v) is 2.86. The molecule has 3 N–H and O–H groups in total. The van der Waals surface area contributed by atoms with Crippen LogP contribution in [0.2, 0.25) is 0 Å². The SMILES string of the molecule is Cc1[nH]nc2ccc(C(C)C)c(B(O)O)c12. The van der Waals surface area contributed by atoms with Crippen LogP contribution in [0.4, 0.5) is 0 Å². The van der Waals surface area contributed by atoms with Gasteiger partial charge in [0, 0.05) is 11.1 Å². The highest BCUT2D eigenvalue weighted by Crippen LogP contribution is 2.20. The summed E-state index contributed by atoms with van der Waals surface area (Å²) in [5.41, 5.74) is 3.15. The van der Waals surface area contributed by atoms with Crippen LogP contribution in [0.1, 0.15) is 31.0 Å². The average molecular weight is 218 g/mol. The molecule has 0 radical (unpaired) electrons. The lowest BCUT2D eigenvalue weighted by Gasteiger charge is -2.13. The van der Waals surface area contributed by atoms with Crippen molar-refractivity contribution in [3.8, 4) is 0 Å². The van der Waals surface area contributed by atoms with Gasteiger partial charge >= 0.3 is 7.12 Å². The Morgan fingerprint density at radius 1 is 1.31 bits per heavy atom. The lowest BCUT2D eigenvalue weighted by atomic mass is 9.72. The van der Waals surface area contributed by atoms with Crippen LogP contribution >= 0.6 is 0 Å². The van der Waals surface area contributed by atoms with Crippen LogP contribution in [0.25, 0.3) is 10.9 Å². The van der Waals surface area contributed by atoms with Gasteiger partial charge in [-0.25, -0.2) is 0 Å². The molecule has 0 unspecified atom stereocenters. The van der Waals surface area contributed by atoms with Crippen LogP contribution in [0.3, 0.4) is 0 Å². The first-order valence-corrected chi connectivity index (χ1v) is 5.36. The number of nitrogens with one attached hydrogen (secondary N) is 1. The smallest absolute Gasteiger partial charge is 0.423 e. The standard InChI is InChI=1S/C11H15BN2O2/c1-6(2)8-4-5-9-10(7(3)13-14-9)11(8)12(15)16/h4-6,15-16H,1-3H3,(H,13,14). The normalized spacial score (nSPS) is 11.4. The van der Waals surface area contributed by atoms with Gasteiger partial charge in [0.15, 0.2) is 0 Å². The average Bonchev–Trinajstić information content (AvgIpc) is 2.59. The molecule has 1 aromatic heterocycles. The number of hydrogen-bond acceptors (Lipinski definition) is 3. The Kier molecular flexibility index (Phi) is 2.74. The van der Waals surface area contributed by atoms with Crippen molar-refractivity contribution in [3.05, 3.63) is 23.4 Å². The molecule has 0 saturated heterocycles. The van der Waals surface area contributed by atoms with E-state index in [0.717, 1.165) is 22.2 Å². The Bertz CT molecular complexity index is 520. The summed E-state index contributed by atoms with van der Waals surface area (Å²) in [6, 6.07) is 3.81. The molecule has 0 aliphatic heterocycles. The maximum atomic E-state index is 9.51. The number of rotatable bonds is 2. The van der Waals surface area contributed by atoms with E-state index in [-0.39, 0.29) is 5.92 Å². The van der Waals surface area contributed by atoms with Gasteiger partial charge in [0.1, 0.15) is 0 Å². The Labute approximate surface area is 94.5 Å². The van der Waals surface area contributed by atoms with Crippen molar-refractivity contribution in [3.63, 3.8) is 0 Å². The lowest BCUT2D eigenvalue weighted by Crippen LogP contribution is -2.34. The first-order valence-electron chi connectivity index (χ1n) is 5.36. The van der Waals surface area contributed by atoms with E-state index in [2.05, 4.69) is 10.2 Å². The van der Waals surface area contributed by atoms with Gasteiger partial charge in [0.2, 0.25) is 0 Å². The van der Waals surface area contributed by atoms with E-state index in [9.17, 15) is 10.0 Å². The summed E-state index contributed by atoms with van der Waals surface area (Å²) < 4.78 is 0. The summed E-state index contributed by atoms with van der Waals surface area (Å²) in [5.74, 6) is 0.246. The first-order chi connectivity index (χ1) is 7.52. The fraction of sp³-hybridized carbons (Fsp3) is 0.364. The third kappa shape index (κ3) is 1.62. The van der Waals surface area contributed by atoms with Crippen LogP contribution in [-0.4, -0.2) is 27.4 Å². The minimum absolute atomic E-state index is 0.246. The van der Waals surface area contributed by atoms with E-state index >= 15 is 0 Å². The Balaban J connectivity index is 2.83. The van der Waals surface area contributed by atoms with Gasteiger partial charge in [-0.2, -0.15) is 5.10 Å². The van der Waals surface area contributed by atoms with E-state index in [1.807, 2.05) is 32.9 Å². The monoisotopic (exact) mass is 218 g/mol. The zero-order valence-corrected chi connectivity index (χ0v) is 9.65. The number of hydrogen-bond donors (Lipinski definition) is 3. The van der Waals surface area contributed by atoms with Crippen molar-refractivity contribution in [1.82, 2.24) is 10.2 Å². The van der Waals surface area contributed by atoms with Crippen molar-refractivity contribution in [1.29, 1.82) is 0 Å². The van der Waals surface area contributed by atoms with Gasteiger partial charge in [0.25, 0.3) is 0 Å². The third-order valence-electron chi connectivity index (χ3n) is 2.86. The highest BCUT2D eigenvalue weighted by Gasteiger charge is 2.23. The molecule has 0 atom stereocenters. The van der Waals surface area contributed by atoms with E-state index in [1.54, 1.807) is 0 Å². The van der Waals surface area contributed by atoms with Gasteiger partial charge in [-0.15, -0.1) is 0 Å². The lowest BCUT2D eigenvalue weighted by molar-refractivity contribution is 0.425. The molecule has 0 bridgehead atoms. The summed E-state index contributed by atoms with van der Waals surface area (Å²) in [6.45, 7) is 5.94. The van der Waals surface area contributed by atoms with Crippen molar-refractivity contribution < 1.29 is 10.0 Å². The molecule has 1 aromatic carbocycles. The van der Waals surface area contributed by atoms with Gasteiger partial charge in [-0.3, -0.25) is 5.10 Å². The molecule has 2 rings (SSSR count). The van der Waals surface area contributed by atoms with Crippen LogP contribution < -0.4 is 5.46 Å². The fourth-order valence-corrected chi connectivity index (χ4v) is 2.09. The van der Waals surface area contributed by atoms with E-state index in [4.69, 9.17) is 0 Å². The highest BCUT2D eigenvalue weighted by molar-refractivity contribution is 6.62. The summed E-state index contributed by atoms with van der Waals surface area (Å²) >= 11 is 0. The van der Waals surface area contributed by atoms with Gasteiger partial charge in [0.05, 0.1) is 5.52 Å². The second kappa shape index (κ2) is 3.92. The molecule has 16 heavy (non-hydrogen) atoms. The molecule has 0 aliphatic rings. The van der Waals surface area contributed by atoms with Crippen molar-refractivity contribution in [2.75, 3.05) is 0 Å². The molecule has 0 amide bonds. The summed E-state index contributed by atoms with van der Waals surface area (Å²) in [4.78, 5) is 0. The maximum absolute atomic E-state index is 9.51. The van der Waals surface area contributed by atoms with Crippen LogP contribution in [0, 0.1) is 6.92 Å². The predicted molar refractivity (Wildman–Crippen MR) is 64.7 cm³/mol. The quantitative estimate of drug-likeness (QED) is 0.649. The van der Waals surface area contributed by atoms with E-state index < -0.39 is 7.12 Å². The fourth-order valence-electron chi connectivity index (χ4n) is 2.09. The second-order valence-corrected chi connectivity index (χ2v) is 4.34. The topological polar surface area (TPSA) is 69.1 Å². The molecule has 4 nitrogen and oxygen atoms in total. The van der Waals surface area contributed by atoms with Crippen LogP contribution in [0.5, 0.6) is 0 Å². The van der Waals surface area contributed by atoms with Crippen LogP contribution in [0.15, 0.2) is 12.1 Å². The number of nitrogens with zero attached hydrogens (tertiary/aromatic N) is 1. The Hall–Kier alpha value is -1.33. The van der Waals surface area contributed by atoms with Crippen molar-refractivity contribution in [2.24, 2.45) is 0 Å².